The molecule has 118 valence electrons. The highest BCUT2D eigenvalue weighted by atomic mass is 32.2. The van der Waals surface area contributed by atoms with E-state index in [1.54, 1.807) is 47.8 Å². The predicted molar refractivity (Wildman–Crippen MR) is 83.8 cm³/mol. The number of carboxylic acids is 1. The topological polar surface area (TPSA) is 83.0 Å². The number of thioether (sulfide) groups is 1. The Morgan fingerprint density at radius 2 is 1.91 bits per heavy atom. The van der Waals surface area contributed by atoms with Crippen LogP contribution in [-0.2, 0) is 4.79 Å². The molecule has 1 saturated heterocycles. The molecule has 1 aliphatic rings. The Morgan fingerprint density at radius 3 is 2.61 bits per heavy atom. The molecule has 0 aromatic heterocycles. The van der Waals surface area contributed by atoms with Gasteiger partial charge in [-0.15, -0.1) is 0 Å². The molecule has 23 heavy (non-hydrogen) atoms. The van der Waals surface area contributed by atoms with Gasteiger partial charge in [-0.1, -0.05) is 42.1 Å². The van der Waals surface area contributed by atoms with E-state index in [1.165, 1.54) is 11.8 Å². The summed E-state index contributed by atoms with van der Waals surface area (Å²) in [7, 11) is 0. The van der Waals surface area contributed by atoms with Crippen molar-refractivity contribution in [2.45, 2.75) is 11.4 Å². The van der Waals surface area contributed by atoms with Gasteiger partial charge in [0.05, 0.1) is 11.3 Å². The molecule has 0 aliphatic carbocycles. The summed E-state index contributed by atoms with van der Waals surface area (Å²) in [6.07, 6.45) is 0. The van der Waals surface area contributed by atoms with Gasteiger partial charge in [0.1, 0.15) is 17.8 Å². The van der Waals surface area contributed by atoms with Crippen molar-refractivity contribution < 1.29 is 24.7 Å². The van der Waals surface area contributed by atoms with Crippen LogP contribution in [-0.4, -0.2) is 23.7 Å². The molecule has 3 rings (SSSR count). The van der Waals surface area contributed by atoms with E-state index in [4.69, 9.17) is 4.74 Å². The van der Waals surface area contributed by atoms with Gasteiger partial charge >= 0.3 is 5.97 Å². The number of hydrogen-bond acceptors (Lipinski definition) is 5. The third kappa shape index (κ3) is 3.72. The SMILES string of the molecule is O=C(Oc1cccc([C@@H]2[NH2+][C@@H](C(=O)[O-])CS2)c1)c1ccccc1. The van der Waals surface area contributed by atoms with Gasteiger partial charge in [-0.3, -0.25) is 0 Å². The second-order valence-corrected chi connectivity index (χ2v) is 6.37. The molecule has 1 heterocycles. The van der Waals surface area contributed by atoms with Crippen LogP contribution in [0.5, 0.6) is 5.75 Å². The average Bonchev–Trinajstić information content (AvgIpc) is 3.06. The minimum absolute atomic E-state index is 0.0340. The van der Waals surface area contributed by atoms with Crippen LogP contribution in [0, 0.1) is 0 Å². The Morgan fingerprint density at radius 1 is 1.13 bits per heavy atom. The summed E-state index contributed by atoms with van der Waals surface area (Å²) in [6.45, 7) is 0. The first-order valence-electron chi connectivity index (χ1n) is 7.18. The van der Waals surface area contributed by atoms with Crippen molar-refractivity contribution in [3.63, 3.8) is 0 Å². The lowest BCUT2D eigenvalue weighted by Crippen LogP contribution is -2.90. The maximum atomic E-state index is 12.1. The molecule has 0 bridgehead atoms. The quantitative estimate of drug-likeness (QED) is 0.646. The maximum Gasteiger partial charge on any atom is 0.343 e. The Kier molecular flexibility index (Phi) is 4.64. The van der Waals surface area contributed by atoms with Crippen molar-refractivity contribution in [3.05, 3.63) is 65.7 Å². The van der Waals surface area contributed by atoms with Crippen molar-refractivity contribution in [2.24, 2.45) is 0 Å². The minimum Gasteiger partial charge on any atom is -0.544 e. The minimum atomic E-state index is -1.05. The summed E-state index contributed by atoms with van der Waals surface area (Å²) in [5, 5.41) is 12.7. The molecular formula is C17H15NO4S. The number of ether oxygens (including phenoxy) is 1. The van der Waals surface area contributed by atoms with Crippen LogP contribution in [0.2, 0.25) is 0 Å². The van der Waals surface area contributed by atoms with Gasteiger partial charge in [0, 0.05) is 5.56 Å². The first kappa shape index (κ1) is 15.6. The van der Waals surface area contributed by atoms with E-state index >= 15 is 0 Å². The molecule has 0 radical (unpaired) electrons. The standard InChI is InChI=1S/C17H15NO4S/c19-16(20)14-10-23-15(18-14)12-7-4-8-13(9-12)22-17(21)11-5-2-1-3-6-11/h1-9,14-15,18H,10H2,(H,19,20)/t14-,15-/m1/s1. The number of hydrogen-bond donors (Lipinski definition) is 1. The molecule has 0 saturated carbocycles. The number of carbonyl (C=O) groups is 2. The molecule has 0 spiro atoms. The lowest BCUT2D eigenvalue weighted by atomic mass is 10.2. The third-order valence-electron chi connectivity index (χ3n) is 3.57. The second kappa shape index (κ2) is 6.85. The molecule has 5 nitrogen and oxygen atoms in total. The first-order chi connectivity index (χ1) is 11.1. The van der Waals surface area contributed by atoms with E-state index in [-0.39, 0.29) is 5.37 Å². The molecular weight excluding hydrogens is 314 g/mol. The molecule has 2 aromatic carbocycles. The number of carboxylic acid groups (broad SMARTS) is 1. The summed E-state index contributed by atoms with van der Waals surface area (Å²) in [5.74, 6) is -0.520. The van der Waals surface area contributed by atoms with Gasteiger partial charge in [0.25, 0.3) is 0 Å². The van der Waals surface area contributed by atoms with Crippen molar-refractivity contribution in [1.29, 1.82) is 0 Å². The van der Waals surface area contributed by atoms with Gasteiger partial charge in [0.15, 0.2) is 5.37 Å². The van der Waals surface area contributed by atoms with Gasteiger partial charge in [-0.2, -0.15) is 0 Å². The number of carbonyl (C=O) groups excluding carboxylic acids is 2. The summed E-state index contributed by atoms with van der Waals surface area (Å²) in [6, 6.07) is 15.4. The Hall–Kier alpha value is -2.31. The van der Waals surface area contributed by atoms with Crippen LogP contribution in [0.3, 0.4) is 0 Å². The van der Waals surface area contributed by atoms with Crippen LogP contribution in [0.15, 0.2) is 54.6 Å². The molecule has 1 aliphatic heterocycles. The number of nitrogens with two attached hydrogens (primary N) is 1. The van der Waals surface area contributed by atoms with E-state index in [9.17, 15) is 14.7 Å². The van der Waals surface area contributed by atoms with Gasteiger partial charge in [-0.05, 0) is 24.3 Å². The van der Waals surface area contributed by atoms with Crippen molar-refractivity contribution in [3.8, 4) is 5.75 Å². The molecule has 6 heteroatoms. The van der Waals surface area contributed by atoms with Crippen LogP contribution >= 0.6 is 11.8 Å². The number of quaternary nitrogens is 1. The molecule has 2 aromatic rings. The molecule has 2 atom stereocenters. The number of benzene rings is 2. The Balaban J connectivity index is 1.71. The van der Waals surface area contributed by atoms with E-state index in [0.717, 1.165) is 5.56 Å². The summed E-state index contributed by atoms with van der Waals surface area (Å²) in [4.78, 5) is 23.0. The van der Waals surface area contributed by atoms with Crippen molar-refractivity contribution in [1.82, 2.24) is 0 Å². The van der Waals surface area contributed by atoms with Crippen LogP contribution < -0.4 is 15.2 Å². The van der Waals surface area contributed by atoms with Crippen LogP contribution in [0.1, 0.15) is 21.3 Å². The summed E-state index contributed by atoms with van der Waals surface area (Å²) >= 11 is 1.54. The first-order valence-corrected chi connectivity index (χ1v) is 8.23. The average molecular weight is 329 g/mol. The van der Waals surface area contributed by atoms with Gasteiger partial charge < -0.3 is 20.0 Å². The van der Waals surface area contributed by atoms with E-state index in [1.807, 2.05) is 12.1 Å². The number of aliphatic carboxylic acids is 1. The largest absolute Gasteiger partial charge is 0.544 e. The lowest BCUT2D eigenvalue weighted by molar-refractivity contribution is -0.690. The third-order valence-corrected chi connectivity index (χ3v) is 4.91. The highest BCUT2D eigenvalue weighted by Gasteiger charge is 2.31. The highest BCUT2D eigenvalue weighted by Crippen LogP contribution is 2.29. The zero-order chi connectivity index (χ0) is 16.2. The molecule has 0 amide bonds. The Bertz CT molecular complexity index is 720. The van der Waals surface area contributed by atoms with Gasteiger partial charge in [-0.25, -0.2) is 4.79 Å². The van der Waals surface area contributed by atoms with Crippen LogP contribution in [0.4, 0.5) is 0 Å². The fraction of sp³-hybridized carbons (Fsp3) is 0.176. The normalized spacial score (nSPS) is 20.2. The second-order valence-electron chi connectivity index (χ2n) is 5.20. The number of esters is 1. The maximum absolute atomic E-state index is 12.1. The van der Waals surface area contributed by atoms with Crippen molar-refractivity contribution in [2.75, 3.05) is 5.75 Å². The smallest absolute Gasteiger partial charge is 0.343 e. The zero-order valence-corrected chi connectivity index (χ0v) is 13.0. The van der Waals surface area contributed by atoms with E-state index in [0.29, 0.717) is 17.1 Å². The summed E-state index contributed by atoms with van der Waals surface area (Å²) in [5.41, 5.74) is 1.40. The van der Waals surface area contributed by atoms with Crippen molar-refractivity contribution >= 4 is 23.7 Å². The fourth-order valence-corrected chi connectivity index (χ4v) is 3.68. The Labute approximate surface area is 137 Å². The summed E-state index contributed by atoms with van der Waals surface area (Å²) < 4.78 is 5.38. The monoisotopic (exact) mass is 329 g/mol. The fourth-order valence-electron chi connectivity index (χ4n) is 2.38. The van der Waals surface area contributed by atoms with E-state index in [2.05, 4.69) is 0 Å². The zero-order valence-electron chi connectivity index (χ0n) is 12.2. The van der Waals surface area contributed by atoms with Gasteiger partial charge in [0.2, 0.25) is 0 Å². The van der Waals surface area contributed by atoms with Crippen LogP contribution in [0.25, 0.3) is 0 Å². The molecule has 0 unspecified atom stereocenters. The predicted octanol–water partition coefficient (Wildman–Crippen LogP) is 0.333. The lowest BCUT2D eigenvalue weighted by Gasteiger charge is -2.12. The number of rotatable bonds is 4. The molecule has 2 N–H and O–H groups in total. The highest BCUT2D eigenvalue weighted by molar-refractivity contribution is 7.99. The van der Waals surface area contributed by atoms with E-state index < -0.39 is 18.0 Å². The molecule has 1 fully saturated rings.